The fourth-order valence-electron chi connectivity index (χ4n) is 4.17. The molecule has 0 aromatic heterocycles. The number of hydrogen-bond acceptors (Lipinski definition) is 4. The van der Waals surface area contributed by atoms with E-state index in [2.05, 4.69) is 6.07 Å². The van der Waals surface area contributed by atoms with Crippen molar-refractivity contribution in [2.75, 3.05) is 39.4 Å². The number of rotatable bonds is 3. The highest BCUT2D eigenvalue weighted by molar-refractivity contribution is 5.82. The van der Waals surface area contributed by atoms with Gasteiger partial charge in [-0.25, -0.2) is 0 Å². The van der Waals surface area contributed by atoms with E-state index in [0.29, 0.717) is 39.2 Å². The minimum atomic E-state index is -0.273. The van der Waals surface area contributed by atoms with Gasteiger partial charge < -0.3 is 19.3 Å². The van der Waals surface area contributed by atoms with Crippen LogP contribution in [-0.2, 0) is 27.2 Å². The molecule has 1 aromatic rings. The van der Waals surface area contributed by atoms with Gasteiger partial charge in [0.05, 0.1) is 13.0 Å². The van der Waals surface area contributed by atoms with Gasteiger partial charge in [-0.15, -0.1) is 0 Å². The number of amides is 2. The molecular weight excluding hydrogens is 344 g/mol. The van der Waals surface area contributed by atoms with Crippen LogP contribution in [0.25, 0.3) is 0 Å². The van der Waals surface area contributed by atoms with Crippen molar-refractivity contribution in [1.29, 1.82) is 0 Å². The van der Waals surface area contributed by atoms with Crippen molar-refractivity contribution in [3.8, 4) is 5.75 Å². The van der Waals surface area contributed by atoms with E-state index in [1.807, 2.05) is 21.9 Å². The molecule has 1 aromatic carbocycles. The van der Waals surface area contributed by atoms with Crippen LogP contribution in [0.1, 0.15) is 36.8 Å². The minimum absolute atomic E-state index is 0.0940. The first-order valence-corrected chi connectivity index (χ1v) is 10.1. The molecule has 1 unspecified atom stereocenters. The van der Waals surface area contributed by atoms with Crippen molar-refractivity contribution in [2.45, 2.75) is 44.6 Å². The Hall–Kier alpha value is -2.08. The van der Waals surface area contributed by atoms with E-state index in [9.17, 15) is 9.59 Å². The average Bonchev–Trinajstić information content (AvgIpc) is 3.11. The van der Waals surface area contributed by atoms with Crippen molar-refractivity contribution < 1.29 is 19.1 Å². The van der Waals surface area contributed by atoms with Crippen molar-refractivity contribution in [2.24, 2.45) is 0 Å². The third kappa shape index (κ3) is 4.26. The molecule has 3 aliphatic heterocycles. The van der Waals surface area contributed by atoms with Crippen molar-refractivity contribution >= 4 is 11.8 Å². The van der Waals surface area contributed by atoms with Crippen molar-refractivity contribution in [3.05, 3.63) is 29.3 Å². The summed E-state index contributed by atoms with van der Waals surface area (Å²) in [5.41, 5.74) is 2.25. The summed E-state index contributed by atoms with van der Waals surface area (Å²) in [5, 5.41) is 0. The van der Waals surface area contributed by atoms with E-state index in [0.717, 1.165) is 50.0 Å². The number of aryl methyl sites for hydroxylation is 1. The lowest BCUT2D eigenvalue weighted by atomic mass is 10.0. The highest BCUT2D eigenvalue weighted by Gasteiger charge is 2.30. The van der Waals surface area contributed by atoms with E-state index < -0.39 is 0 Å². The number of fused-ring (bicyclic) bond motifs is 1. The molecule has 2 saturated heterocycles. The minimum Gasteiger partial charge on any atom is -0.493 e. The largest absolute Gasteiger partial charge is 0.493 e. The second-order valence-electron chi connectivity index (χ2n) is 7.63. The quantitative estimate of drug-likeness (QED) is 0.812. The summed E-state index contributed by atoms with van der Waals surface area (Å²) in [6.07, 6.45) is 4.78. The van der Waals surface area contributed by atoms with Gasteiger partial charge in [-0.3, -0.25) is 9.59 Å². The molecule has 3 heterocycles. The van der Waals surface area contributed by atoms with Crippen LogP contribution in [0.2, 0.25) is 0 Å². The smallest absolute Gasteiger partial charge is 0.251 e. The molecule has 2 amide bonds. The van der Waals surface area contributed by atoms with Gasteiger partial charge in [-0.05, 0) is 49.3 Å². The molecule has 0 bridgehead atoms. The lowest BCUT2D eigenvalue weighted by Gasteiger charge is -2.24. The van der Waals surface area contributed by atoms with E-state index in [1.54, 1.807) is 0 Å². The Morgan fingerprint density at radius 1 is 1.00 bits per heavy atom. The standard InChI is InChI=1S/C21H28N2O4/c24-20(15-16-6-7-18-17(14-16)4-1-12-26-18)22-8-3-9-23(11-10-22)21(25)19-5-2-13-27-19/h6-7,14,19H,1-5,8-13,15H2. The Balaban J connectivity index is 1.33. The predicted octanol–water partition coefficient (Wildman–Crippen LogP) is 1.79. The molecule has 6 nitrogen and oxygen atoms in total. The van der Waals surface area contributed by atoms with Crippen LogP contribution in [0.15, 0.2) is 18.2 Å². The number of carbonyl (C=O) groups is 2. The van der Waals surface area contributed by atoms with E-state index in [-0.39, 0.29) is 17.9 Å². The average molecular weight is 372 g/mol. The highest BCUT2D eigenvalue weighted by Crippen LogP contribution is 2.26. The second-order valence-corrected chi connectivity index (χ2v) is 7.63. The summed E-state index contributed by atoms with van der Waals surface area (Å²) in [5.74, 6) is 1.19. The summed E-state index contributed by atoms with van der Waals surface area (Å²) >= 11 is 0. The van der Waals surface area contributed by atoms with Gasteiger partial charge >= 0.3 is 0 Å². The van der Waals surface area contributed by atoms with Crippen LogP contribution in [-0.4, -0.2) is 67.1 Å². The van der Waals surface area contributed by atoms with Crippen LogP contribution in [0.4, 0.5) is 0 Å². The van der Waals surface area contributed by atoms with E-state index >= 15 is 0 Å². The normalized spacial score (nSPS) is 22.7. The Morgan fingerprint density at radius 3 is 2.70 bits per heavy atom. The van der Waals surface area contributed by atoms with Crippen LogP contribution in [0.5, 0.6) is 5.75 Å². The topological polar surface area (TPSA) is 59.1 Å². The van der Waals surface area contributed by atoms with Gasteiger partial charge in [-0.2, -0.15) is 0 Å². The van der Waals surface area contributed by atoms with Gasteiger partial charge in [0.25, 0.3) is 5.91 Å². The summed E-state index contributed by atoms with van der Waals surface area (Å²) < 4.78 is 11.2. The highest BCUT2D eigenvalue weighted by atomic mass is 16.5. The third-order valence-corrected chi connectivity index (χ3v) is 5.69. The zero-order valence-corrected chi connectivity index (χ0v) is 15.8. The lowest BCUT2D eigenvalue weighted by molar-refractivity contribution is -0.141. The first-order chi connectivity index (χ1) is 13.2. The third-order valence-electron chi connectivity index (χ3n) is 5.69. The Bertz CT molecular complexity index is 699. The first kappa shape index (κ1) is 18.3. The number of nitrogens with zero attached hydrogens (tertiary/aromatic N) is 2. The number of carbonyl (C=O) groups excluding carboxylic acids is 2. The van der Waals surface area contributed by atoms with E-state index in [1.165, 1.54) is 5.56 Å². The SMILES string of the molecule is O=C(Cc1ccc2c(c1)CCCO2)N1CCCN(C(=O)C2CCCO2)CC1. The summed E-state index contributed by atoms with van der Waals surface area (Å²) in [6.45, 7) is 4.08. The number of ether oxygens (including phenoxy) is 2. The van der Waals surface area contributed by atoms with Crippen LogP contribution in [0, 0.1) is 0 Å². The number of hydrogen-bond donors (Lipinski definition) is 0. The lowest BCUT2D eigenvalue weighted by Crippen LogP contribution is -2.42. The molecule has 1 atom stereocenters. The number of benzene rings is 1. The fourth-order valence-corrected chi connectivity index (χ4v) is 4.17. The Kier molecular flexibility index (Phi) is 5.62. The molecule has 0 saturated carbocycles. The maximum atomic E-state index is 12.8. The molecule has 0 radical (unpaired) electrons. The molecular formula is C21H28N2O4. The fraction of sp³-hybridized carbons (Fsp3) is 0.619. The van der Waals surface area contributed by atoms with Gasteiger partial charge in [0.15, 0.2) is 0 Å². The van der Waals surface area contributed by atoms with Crippen molar-refractivity contribution in [3.63, 3.8) is 0 Å². The summed E-state index contributed by atoms with van der Waals surface area (Å²) in [7, 11) is 0. The van der Waals surface area contributed by atoms with Gasteiger partial charge in [0, 0.05) is 32.8 Å². The molecule has 6 heteroatoms. The van der Waals surface area contributed by atoms with Gasteiger partial charge in [0.1, 0.15) is 11.9 Å². The van der Waals surface area contributed by atoms with Crippen molar-refractivity contribution in [1.82, 2.24) is 9.80 Å². The second kappa shape index (κ2) is 8.30. The predicted molar refractivity (Wildman–Crippen MR) is 101 cm³/mol. The van der Waals surface area contributed by atoms with Crippen LogP contribution in [0.3, 0.4) is 0 Å². The summed E-state index contributed by atoms with van der Waals surface area (Å²) in [4.78, 5) is 29.1. The molecule has 3 aliphatic rings. The maximum Gasteiger partial charge on any atom is 0.251 e. The zero-order chi connectivity index (χ0) is 18.6. The molecule has 27 heavy (non-hydrogen) atoms. The van der Waals surface area contributed by atoms with E-state index in [4.69, 9.17) is 9.47 Å². The van der Waals surface area contributed by atoms with Crippen LogP contribution < -0.4 is 4.74 Å². The first-order valence-electron chi connectivity index (χ1n) is 10.1. The molecule has 0 N–H and O–H groups in total. The monoisotopic (exact) mass is 372 g/mol. The Morgan fingerprint density at radius 2 is 1.85 bits per heavy atom. The van der Waals surface area contributed by atoms with Crippen LogP contribution >= 0.6 is 0 Å². The molecule has 0 spiro atoms. The zero-order valence-electron chi connectivity index (χ0n) is 15.8. The Labute approximate surface area is 160 Å². The van der Waals surface area contributed by atoms with Gasteiger partial charge in [-0.1, -0.05) is 12.1 Å². The van der Waals surface area contributed by atoms with Gasteiger partial charge in [0.2, 0.25) is 5.91 Å². The molecule has 146 valence electrons. The summed E-state index contributed by atoms with van der Waals surface area (Å²) in [6, 6.07) is 6.09. The molecule has 4 rings (SSSR count). The molecule has 2 fully saturated rings. The maximum absolute atomic E-state index is 12.8. The molecule has 0 aliphatic carbocycles.